The summed E-state index contributed by atoms with van der Waals surface area (Å²) in [4.78, 5) is 0. The highest BCUT2D eigenvalue weighted by Crippen LogP contribution is 2.61. The first-order chi connectivity index (χ1) is 8.82. The molecule has 2 saturated carbocycles. The number of hydrogen-bond acceptors (Lipinski definition) is 5. The smallest absolute Gasteiger partial charge is 0.315 e. The first-order valence-electron chi connectivity index (χ1n) is 7.03. The predicted octanol–water partition coefficient (Wildman–Crippen LogP) is 2.59. The van der Waals surface area contributed by atoms with Crippen molar-refractivity contribution in [1.29, 1.82) is 0 Å². The third kappa shape index (κ3) is 3.20. The third-order valence-corrected chi connectivity index (χ3v) is 4.50. The quantitative estimate of drug-likeness (QED) is 0.871. The lowest BCUT2D eigenvalue weighted by Crippen LogP contribution is -2.14. The van der Waals surface area contributed by atoms with Gasteiger partial charge in [-0.15, -0.1) is 17.5 Å². The van der Waals surface area contributed by atoms with Gasteiger partial charge in [-0.05, 0) is 37.6 Å². The molecule has 2 N–H and O–H groups in total. The zero-order valence-corrected chi connectivity index (χ0v) is 12.3. The zero-order chi connectivity index (χ0) is 12.4. The fraction of sp³-hybridized carbons (Fsp3) is 0.846. The van der Waals surface area contributed by atoms with Crippen molar-refractivity contribution >= 4 is 18.4 Å². The summed E-state index contributed by atoms with van der Waals surface area (Å²) in [6.45, 7) is 1.61. The lowest BCUT2D eigenvalue weighted by molar-refractivity contribution is 0.310. The molecule has 1 atom stereocenters. The molecular weight excluding hydrogens is 264 g/mol. The minimum Gasteiger partial charge on any atom is -0.407 e. The molecule has 3 rings (SSSR count). The highest BCUT2D eigenvalue weighted by molar-refractivity contribution is 5.85. The topological polar surface area (TPSA) is 63.0 Å². The van der Waals surface area contributed by atoms with Crippen molar-refractivity contribution in [3.8, 4) is 0 Å². The molecule has 1 heterocycles. The third-order valence-electron chi connectivity index (χ3n) is 4.50. The van der Waals surface area contributed by atoms with Gasteiger partial charge in [-0.25, -0.2) is 0 Å². The van der Waals surface area contributed by atoms with Gasteiger partial charge >= 0.3 is 6.01 Å². The van der Waals surface area contributed by atoms with Crippen molar-refractivity contribution in [2.75, 3.05) is 18.9 Å². The Bertz CT molecular complexity index is 403. The van der Waals surface area contributed by atoms with Crippen LogP contribution in [-0.4, -0.2) is 23.8 Å². The molecule has 0 amide bonds. The molecule has 2 aliphatic carbocycles. The predicted molar refractivity (Wildman–Crippen MR) is 76.4 cm³/mol. The van der Waals surface area contributed by atoms with Crippen LogP contribution in [0.4, 0.5) is 6.01 Å². The van der Waals surface area contributed by atoms with E-state index >= 15 is 0 Å². The Morgan fingerprint density at radius 2 is 2.05 bits per heavy atom. The first-order valence-corrected chi connectivity index (χ1v) is 7.03. The van der Waals surface area contributed by atoms with Crippen molar-refractivity contribution in [3.05, 3.63) is 5.89 Å². The van der Waals surface area contributed by atoms with Gasteiger partial charge in [0.25, 0.3) is 0 Å². The van der Waals surface area contributed by atoms with E-state index in [9.17, 15) is 0 Å². The maximum atomic E-state index is 5.48. The van der Waals surface area contributed by atoms with Gasteiger partial charge < -0.3 is 15.1 Å². The fourth-order valence-corrected chi connectivity index (χ4v) is 3.35. The van der Waals surface area contributed by atoms with Crippen molar-refractivity contribution in [3.63, 3.8) is 0 Å². The minimum atomic E-state index is 0. The Hall–Kier alpha value is -0.810. The Balaban J connectivity index is 0.00000133. The molecule has 2 fully saturated rings. The summed E-state index contributed by atoms with van der Waals surface area (Å²) in [5.41, 5.74) is 0.666. The Morgan fingerprint density at radius 3 is 2.79 bits per heavy atom. The van der Waals surface area contributed by atoms with Gasteiger partial charge in [0.1, 0.15) is 0 Å². The summed E-state index contributed by atoms with van der Waals surface area (Å²) >= 11 is 0. The van der Waals surface area contributed by atoms with Gasteiger partial charge in [-0.3, -0.25) is 0 Å². The molecule has 2 aliphatic rings. The Labute approximate surface area is 120 Å². The molecule has 5 nitrogen and oxygen atoms in total. The highest BCUT2D eigenvalue weighted by atomic mass is 35.5. The average Bonchev–Trinajstić information content (AvgIpc) is 2.85. The molecular formula is C13H23ClN4O. The SMILES string of the molecule is CNCc1nnc(NCC2CC23CCCCC3)o1.Cl. The molecule has 0 radical (unpaired) electrons. The van der Waals surface area contributed by atoms with Crippen LogP contribution in [0.15, 0.2) is 4.42 Å². The molecule has 0 aromatic carbocycles. The summed E-state index contributed by atoms with van der Waals surface area (Å²) in [7, 11) is 1.87. The monoisotopic (exact) mass is 286 g/mol. The standard InChI is InChI=1S/C13H22N4O.ClH/c1-14-9-11-16-17-12(18-11)15-8-10-7-13(10)5-3-2-4-6-13;/h10,14H,2-9H2,1H3,(H,15,17);1H. The number of nitrogens with one attached hydrogen (secondary N) is 2. The number of hydrogen-bond donors (Lipinski definition) is 2. The molecule has 0 saturated heterocycles. The molecule has 0 bridgehead atoms. The summed E-state index contributed by atoms with van der Waals surface area (Å²) < 4.78 is 5.48. The van der Waals surface area contributed by atoms with E-state index in [2.05, 4.69) is 20.8 Å². The van der Waals surface area contributed by atoms with Crippen LogP contribution >= 0.6 is 12.4 Å². The van der Waals surface area contributed by atoms with E-state index in [0.29, 0.717) is 23.9 Å². The number of anilines is 1. The maximum Gasteiger partial charge on any atom is 0.315 e. The van der Waals surface area contributed by atoms with Gasteiger partial charge in [0.15, 0.2) is 0 Å². The molecule has 6 heteroatoms. The summed E-state index contributed by atoms with van der Waals surface area (Å²) in [5, 5.41) is 14.3. The largest absolute Gasteiger partial charge is 0.407 e. The average molecular weight is 287 g/mol. The van der Waals surface area contributed by atoms with Crippen LogP contribution < -0.4 is 10.6 Å². The number of halogens is 1. The van der Waals surface area contributed by atoms with E-state index in [4.69, 9.17) is 4.42 Å². The van der Waals surface area contributed by atoms with E-state index in [0.717, 1.165) is 12.5 Å². The van der Waals surface area contributed by atoms with Crippen LogP contribution in [0.3, 0.4) is 0 Å². The van der Waals surface area contributed by atoms with Gasteiger partial charge in [-0.2, -0.15) is 0 Å². The van der Waals surface area contributed by atoms with Crippen LogP contribution in [-0.2, 0) is 6.54 Å². The molecule has 19 heavy (non-hydrogen) atoms. The maximum absolute atomic E-state index is 5.48. The van der Waals surface area contributed by atoms with Crippen LogP contribution in [0.1, 0.15) is 44.4 Å². The van der Waals surface area contributed by atoms with Gasteiger partial charge in [0.2, 0.25) is 5.89 Å². The van der Waals surface area contributed by atoms with Crippen molar-refractivity contribution in [2.24, 2.45) is 11.3 Å². The van der Waals surface area contributed by atoms with Crippen molar-refractivity contribution in [2.45, 2.75) is 45.1 Å². The van der Waals surface area contributed by atoms with Gasteiger partial charge in [0, 0.05) is 6.54 Å². The highest BCUT2D eigenvalue weighted by Gasteiger charge is 2.53. The normalized spacial score (nSPS) is 23.9. The minimum absolute atomic E-state index is 0. The summed E-state index contributed by atoms with van der Waals surface area (Å²) in [6.07, 6.45) is 8.51. The van der Waals surface area contributed by atoms with E-state index in [-0.39, 0.29) is 12.4 Å². The lowest BCUT2D eigenvalue weighted by atomic mass is 9.84. The molecule has 1 aromatic heterocycles. The molecule has 1 unspecified atom stereocenters. The zero-order valence-electron chi connectivity index (χ0n) is 11.4. The second kappa shape index (κ2) is 6.09. The van der Waals surface area contributed by atoms with E-state index < -0.39 is 0 Å². The second-order valence-electron chi connectivity index (χ2n) is 5.74. The van der Waals surface area contributed by atoms with E-state index in [1.54, 1.807) is 0 Å². The number of nitrogens with zero attached hydrogens (tertiary/aromatic N) is 2. The molecule has 0 aliphatic heterocycles. The molecule has 108 valence electrons. The van der Waals surface area contributed by atoms with Crippen molar-refractivity contribution in [1.82, 2.24) is 15.5 Å². The van der Waals surface area contributed by atoms with Crippen LogP contribution in [0.5, 0.6) is 0 Å². The number of rotatable bonds is 5. The summed E-state index contributed by atoms with van der Waals surface area (Å²) in [6, 6.07) is 0.568. The van der Waals surface area contributed by atoms with Crippen LogP contribution in [0.25, 0.3) is 0 Å². The van der Waals surface area contributed by atoms with E-state index in [1.165, 1.54) is 38.5 Å². The second-order valence-corrected chi connectivity index (χ2v) is 5.74. The van der Waals surface area contributed by atoms with Gasteiger partial charge in [-0.1, -0.05) is 24.4 Å². The fourth-order valence-electron chi connectivity index (χ4n) is 3.35. The number of aromatic nitrogens is 2. The Morgan fingerprint density at radius 1 is 1.26 bits per heavy atom. The first kappa shape index (κ1) is 14.6. The van der Waals surface area contributed by atoms with Crippen LogP contribution in [0.2, 0.25) is 0 Å². The Kier molecular flexibility index (Phi) is 4.68. The van der Waals surface area contributed by atoms with Gasteiger partial charge in [0.05, 0.1) is 6.54 Å². The van der Waals surface area contributed by atoms with E-state index in [1.807, 2.05) is 7.05 Å². The van der Waals surface area contributed by atoms with Crippen LogP contribution in [0, 0.1) is 11.3 Å². The summed E-state index contributed by atoms with van der Waals surface area (Å²) in [5.74, 6) is 1.46. The lowest BCUT2D eigenvalue weighted by Gasteiger charge is -2.22. The molecule has 1 spiro atoms. The molecule has 1 aromatic rings. The van der Waals surface area contributed by atoms with Crippen molar-refractivity contribution < 1.29 is 4.42 Å².